The van der Waals surface area contributed by atoms with Gasteiger partial charge in [-0.15, -0.1) is 24.8 Å². The molecule has 0 aliphatic carbocycles. The van der Waals surface area contributed by atoms with E-state index in [1.54, 1.807) is 6.20 Å². The second-order valence-corrected chi connectivity index (χ2v) is 3.98. The lowest BCUT2D eigenvalue weighted by Gasteiger charge is -2.07. The third-order valence-corrected chi connectivity index (χ3v) is 2.96. The molecule has 2 aromatic heterocycles. The number of hydrogen-bond donors (Lipinski definition) is 1. The predicted octanol–water partition coefficient (Wildman–Crippen LogP) is 2.55. The number of nitrogens with zero attached hydrogens (tertiary/aromatic N) is 2. The van der Waals surface area contributed by atoms with Gasteiger partial charge in [0.05, 0.1) is 0 Å². The molecule has 1 saturated heterocycles. The standard InChI is InChI=1S/C12H13N3.2ClH/c1-2-9-3-4-11(10-5-7-13-8-10)15-12(9)14-6-1;;/h1-4,6,10,13H,5,7-8H2;2*1H. The molecule has 3 rings (SSSR count). The monoisotopic (exact) mass is 271 g/mol. The van der Waals surface area contributed by atoms with E-state index in [-0.39, 0.29) is 24.8 Å². The van der Waals surface area contributed by atoms with Gasteiger partial charge in [-0.1, -0.05) is 0 Å². The van der Waals surface area contributed by atoms with Crippen LogP contribution < -0.4 is 5.32 Å². The predicted molar refractivity (Wildman–Crippen MR) is 74.3 cm³/mol. The number of nitrogens with one attached hydrogen (secondary N) is 1. The van der Waals surface area contributed by atoms with Crippen molar-refractivity contribution in [3.8, 4) is 0 Å². The Kier molecular flexibility index (Phi) is 5.12. The molecule has 92 valence electrons. The molecule has 1 N–H and O–H groups in total. The molecule has 3 heterocycles. The quantitative estimate of drug-likeness (QED) is 0.867. The summed E-state index contributed by atoms with van der Waals surface area (Å²) in [4.78, 5) is 8.89. The molecule has 5 heteroatoms. The van der Waals surface area contributed by atoms with Gasteiger partial charge < -0.3 is 5.32 Å². The van der Waals surface area contributed by atoms with Crippen molar-refractivity contribution in [1.82, 2.24) is 15.3 Å². The summed E-state index contributed by atoms with van der Waals surface area (Å²) < 4.78 is 0. The number of hydrogen-bond acceptors (Lipinski definition) is 3. The highest BCUT2D eigenvalue weighted by Gasteiger charge is 2.17. The van der Waals surface area contributed by atoms with Crippen LogP contribution in [0.25, 0.3) is 11.0 Å². The minimum atomic E-state index is 0. The molecule has 3 nitrogen and oxygen atoms in total. The zero-order valence-corrected chi connectivity index (χ0v) is 10.9. The van der Waals surface area contributed by atoms with Crippen molar-refractivity contribution in [2.24, 2.45) is 0 Å². The maximum atomic E-state index is 4.61. The minimum absolute atomic E-state index is 0. The topological polar surface area (TPSA) is 37.8 Å². The van der Waals surface area contributed by atoms with E-state index in [2.05, 4.69) is 27.4 Å². The van der Waals surface area contributed by atoms with Gasteiger partial charge in [-0.25, -0.2) is 9.97 Å². The first-order valence-corrected chi connectivity index (χ1v) is 5.36. The molecule has 1 unspecified atom stereocenters. The van der Waals surface area contributed by atoms with Gasteiger partial charge in [-0.3, -0.25) is 0 Å². The normalized spacial score (nSPS) is 18.5. The number of pyridine rings is 2. The van der Waals surface area contributed by atoms with Crippen molar-refractivity contribution in [3.05, 3.63) is 36.2 Å². The molecular weight excluding hydrogens is 257 g/mol. The first-order valence-electron chi connectivity index (χ1n) is 5.36. The van der Waals surface area contributed by atoms with Gasteiger partial charge in [0, 0.05) is 29.7 Å². The van der Waals surface area contributed by atoms with Gasteiger partial charge in [0.2, 0.25) is 0 Å². The third-order valence-electron chi connectivity index (χ3n) is 2.96. The highest BCUT2D eigenvalue weighted by Crippen LogP contribution is 2.21. The Hall–Kier alpha value is -0.900. The molecule has 0 saturated carbocycles. The lowest BCUT2D eigenvalue weighted by Crippen LogP contribution is -2.08. The van der Waals surface area contributed by atoms with Crippen LogP contribution in [0, 0.1) is 0 Å². The average molecular weight is 272 g/mol. The van der Waals surface area contributed by atoms with Crippen LogP contribution >= 0.6 is 24.8 Å². The van der Waals surface area contributed by atoms with E-state index in [1.807, 2.05) is 12.1 Å². The van der Waals surface area contributed by atoms with E-state index in [1.165, 1.54) is 12.1 Å². The molecule has 0 amide bonds. The van der Waals surface area contributed by atoms with Crippen molar-refractivity contribution >= 4 is 35.8 Å². The third kappa shape index (κ3) is 2.86. The number of rotatable bonds is 1. The van der Waals surface area contributed by atoms with Crippen molar-refractivity contribution in [2.45, 2.75) is 12.3 Å². The summed E-state index contributed by atoms with van der Waals surface area (Å²) in [5, 5.41) is 4.48. The summed E-state index contributed by atoms with van der Waals surface area (Å²) in [6, 6.07) is 8.23. The summed E-state index contributed by atoms with van der Waals surface area (Å²) in [5.41, 5.74) is 2.04. The Balaban J connectivity index is 0.000000722. The van der Waals surface area contributed by atoms with Crippen molar-refractivity contribution in [3.63, 3.8) is 0 Å². The molecule has 0 spiro atoms. The van der Waals surface area contributed by atoms with Gasteiger partial charge in [-0.2, -0.15) is 0 Å². The van der Waals surface area contributed by atoms with Gasteiger partial charge in [0.1, 0.15) is 0 Å². The molecule has 0 aromatic carbocycles. The van der Waals surface area contributed by atoms with Crippen molar-refractivity contribution in [2.75, 3.05) is 13.1 Å². The zero-order valence-electron chi connectivity index (χ0n) is 9.30. The van der Waals surface area contributed by atoms with Crippen LogP contribution in [0.5, 0.6) is 0 Å². The maximum absolute atomic E-state index is 4.61. The Morgan fingerprint density at radius 1 is 1.18 bits per heavy atom. The van der Waals surface area contributed by atoms with Crippen LogP contribution in [-0.4, -0.2) is 23.1 Å². The van der Waals surface area contributed by atoms with Crippen LogP contribution in [0.3, 0.4) is 0 Å². The van der Waals surface area contributed by atoms with Crippen LogP contribution in [0.15, 0.2) is 30.5 Å². The summed E-state index contributed by atoms with van der Waals surface area (Å²) in [6.45, 7) is 2.15. The SMILES string of the molecule is Cl.Cl.c1cnc2nc(C3CCNC3)ccc2c1. The molecule has 17 heavy (non-hydrogen) atoms. The minimum Gasteiger partial charge on any atom is -0.316 e. The van der Waals surface area contributed by atoms with E-state index in [0.717, 1.165) is 24.1 Å². The average Bonchev–Trinajstić information content (AvgIpc) is 2.82. The fourth-order valence-electron chi connectivity index (χ4n) is 2.10. The van der Waals surface area contributed by atoms with E-state index in [9.17, 15) is 0 Å². The Labute approximate surface area is 113 Å². The summed E-state index contributed by atoms with van der Waals surface area (Å²) in [6.07, 6.45) is 2.98. The summed E-state index contributed by atoms with van der Waals surface area (Å²) in [7, 11) is 0. The van der Waals surface area contributed by atoms with Crippen molar-refractivity contribution < 1.29 is 0 Å². The summed E-state index contributed by atoms with van der Waals surface area (Å²) in [5.74, 6) is 0.566. The van der Waals surface area contributed by atoms with E-state index < -0.39 is 0 Å². The molecule has 1 aliphatic heterocycles. The summed E-state index contributed by atoms with van der Waals surface area (Å²) >= 11 is 0. The smallest absolute Gasteiger partial charge is 0.159 e. The van der Waals surface area contributed by atoms with Gasteiger partial charge in [-0.05, 0) is 37.2 Å². The molecule has 1 fully saturated rings. The molecule has 1 atom stereocenters. The largest absolute Gasteiger partial charge is 0.316 e. The van der Waals surface area contributed by atoms with Crippen LogP contribution in [0.2, 0.25) is 0 Å². The van der Waals surface area contributed by atoms with Gasteiger partial charge >= 0.3 is 0 Å². The second kappa shape index (κ2) is 6.15. The maximum Gasteiger partial charge on any atom is 0.159 e. The van der Waals surface area contributed by atoms with E-state index >= 15 is 0 Å². The lowest BCUT2D eigenvalue weighted by molar-refractivity contribution is 0.738. The van der Waals surface area contributed by atoms with E-state index in [0.29, 0.717) is 5.92 Å². The highest BCUT2D eigenvalue weighted by atomic mass is 35.5. The first kappa shape index (κ1) is 14.2. The van der Waals surface area contributed by atoms with Crippen molar-refractivity contribution in [1.29, 1.82) is 0 Å². The molecular formula is C12H15Cl2N3. The van der Waals surface area contributed by atoms with Gasteiger partial charge in [0.25, 0.3) is 0 Å². The first-order chi connectivity index (χ1) is 7.43. The number of aromatic nitrogens is 2. The molecule has 1 aliphatic rings. The zero-order chi connectivity index (χ0) is 10.1. The Morgan fingerprint density at radius 3 is 2.82 bits per heavy atom. The number of halogens is 2. The lowest BCUT2D eigenvalue weighted by atomic mass is 10.0. The molecule has 0 bridgehead atoms. The highest BCUT2D eigenvalue weighted by molar-refractivity contribution is 5.85. The van der Waals surface area contributed by atoms with E-state index in [4.69, 9.17) is 0 Å². The Morgan fingerprint density at radius 2 is 2.06 bits per heavy atom. The van der Waals surface area contributed by atoms with Crippen LogP contribution in [0.4, 0.5) is 0 Å². The number of fused-ring (bicyclic) bond motifs is 1. The fourth-order valence-corrected chi connectivity index (χ4v) is 2.10. The molecule has 0 radical (unpaired) electrons. The van der Waals surface area contributed by atoms with Crippen LogP contribution in [-0.2, 0) is 0 Å². The second-order valence-electron chi connectivity index (χ2n) is 3.98. The fraction of sp³-hybridized carbons (Fsp3) is 0.333. The van der Waals surface area contributed by atoms with Gasteiger partial charge in [0.15, 0.2) is 5.65 Å². The van der Waals surface area contributed by atoms with Crippen LogP contribution in [0.1, 0.15) is 18.0 Å². The molecule has 2 aromatic rings. The Bertz CT molecular complexity index is 484.